The van der Waals surface area contributed by atoms with Crippen molar-refractivity contribution in [1.82, 2.24) is 0 Å². The lowest BCUT2D eigenvalue weighted by molar-refractivity contribution is -0.160. The Labute approximate surface area is 63.5 Å². The van der Waals surface area contributed by atoms with Crippen LogP contribution in [-0.4, -0.2) is 25.2 Å². The van der Waals surface area contributed by atoms with Crippen LogP contribution in [0.4, 0.5) is 0 Å². The highest BCUT2D eigenvalue weighted by Crippen LogP contribution is 1.93. The first-order valence-corrected chi connectivity index (χ1v) is 2.76. The summed E-state index contributed by atoms with van der Waals surface area (Å²) >= 11 is 0. The normalized spacial score (nSPS) is 11.0. The van der Waals surface area contributed by atoms with Crippen molar-refractivity contribution in [2.24, 2.45) is 0 Å². The van der Waals surface area contributed by atoms with E-state index in [9.17, 15) is 9.59 Å². The Balaban J connectivity index is 4.09. The van der Waals surface area contributed by atoms with Crippen LogP contribution in [0.3, 0.4) is 0 Å². The third-order valence-corrected chi connectivity index (χ3v) is 0.816. The quantitative estimate of drug-likeness (QED) is 0.510. The molecule has 0 fully saturated rings. The minimum absolute atomic E-state index is 0.693. The van der Waals surface area contributed by atoms with Crippen LogP contribution in [0.25, 0.3) is 0 Å². The van der Waals surface area contributed by atoms with Crippen LogP contribution in [0, 0.1) is 11.3 Å². The molecule has 1 atom stereocenters. The molecule has 0 radical (unpaired) electrons. The van der Waals surface area contributed by atoms with Gasteiger partial charge in [-0.15, -0.1) is 0 Å². The van der Waals surface area contributed by atoms with Crippen molar-refractivity contribution < 1.29 is 19.1 Å². The second-order valence-corrected chi connectivity index (χ2v) is 1.64. The number of nitrogens with zero attached hydrogens (tertiary/aromatic N) is 1. The number of ether oxygens (including phenoxy) is 2. The molecule has 0 rings (SSSR count). The van der Waals surface area contributed by atoms with Crippen molar-refractivity contribution in [3.63, 3.8) is 0 Å². The maximum Gasteiger partial charge on any atom is 0.362 e. The molecule has 0 aromatic heterocycles. The van der Waals surface area contributed by atoms with Crippen molar-refractivity contribution in [3.8, 4) is 6.07 Å². The monoisotopic (exact) mass is 157 g/mol. The summed E-state index contributed by atoms with van der Waals surface area (Å²) in [6.07, 6.45) is -1.45. The van der Waals surface area contributed by atoms with E-state index < -0.39 is 18.0 Å². The second-order valence-electron chi connectivity index (χ2n) is 1.64. The van der Waals surface area contributed by atoms with E-state index in [-0.39, 0.29) is 0 Å². The molecule has 5 nitrogen and oxygen atoms in total. The SMILES string of the molecule is COC(=O)C(C#N)OC(C)=O. The molecule has 11 heavy (non-hydrogen) atoms. The molecule has 0 aromatic carbocycles. The van der Waals surface area contributed by atoms with Gasteiger partial charge in [0, 0.05) is 6.92 Å². The van der Waals surface area contributed by atoms with Gasteiger partial charge in [0.1, 0.15) is 6.07 Å². The molecule has 60 valence electrons. The molecule has 0 aliphatic heterocycles. The Morgan fingerprint density at radius 3 is 2.36 bits per heavy atom. The summed E-state index contributed by atoms with van der Waals surface area (Å²) in [5, 5.41) is 8.25. The molecule has 0 bridgehead atoms. The van der Waals surface area contributed by atoms with Gasteiger partial charge in [-0.25, -0.2) is 4.79 Å². The Morgan fingerprint density at radius 2 is 2.09 bits per heavy atom. The maximum atomic E-state index is 10.6. The highest BCUT2D eigenvalue weighted by molar-refractivity contribution is 5.81. The first-order valence-electron chi connectivity index (χ1n) is 2.76. The number of methoxy groups -OCH3 is 1. The Hall–Kier alpha value is -1.57. The molecule has 0 spiro atoms. The summed E-state index contributed by atoms with van der Waals surface area (Å²) in [5.41, 5.74) is 0. The predicted octanol–water partition coefficient (Wildman–Crippen LogP) is -0.385. The summed E-state index contributed by atoms with van der Waals surface area (Å²) < 4.78 is 8.44. The van der Waals surface area contributed by atoms with Crippen molar-refractivity contribution in [1.29, 1.82) is 5.26 Å². The zero-order valence-electron chi connectivity index (χ0n) is 6.16. The Morgan fingerprint density at radius 1 is 1.55 bits per heavy atom. The van der Waals surface area contributed by atoms with Crippen molar-refractivity contribution in [2.45, 2.75) is 13.0 Å². The maximum absolute atomic E-state index is 10.6. The van der Waals surface area contributed by atoms with Gasteiger partial charge in [0.15, 0.2) is 0 Å². The van der Waals surface area contributed by atoms with Crippen molar-refractivity contribution in [2.75, 3.05) is 7.11 Å². The van der Waals surface area contributed by atoms with Crippen LogP contribution in [-0.2, 0) is 19.1 Å². The summed E-state index contributed by atoms with van der Waals surface area (Å²) in [6.45, 7) is 1.10. The van der Waals surface area contributed by atoms with Crippen LogP contribution >= 0.6 is 0 Å². The van der Waals surface area contributed by atoms with E-state index in [4.69, 9.17) is 5.26 Å². The highest BCUT2D eigenvalue weighted by atomic mass is 16.6. The highest BCUT2D eigenvalue weighted by Gasteiger charge is 2.20. The smallest absolute Gasteiger partial charge is 0.362 e. The van der Waals surface area contributed by atoms with Gasteiger partial charge in [-0.05, 0) is 0 Å². The number of rotatable bonds is 2. The molecule has 0 N–H and O–H groups in total. The molecular formula is C6H7NO4. The van der Waals surface area contributed by atoms with Crippen LogP contribution in [0.15, 0.2) is 0 Å². The Kier molecular flexibility index (Phi) is 3.67. The zero-order valence-corrected chi connectivity index (χ0v) is 6.16. The fourth-order valence-corrected chi connectivity index (χ4v) is 0.400. The van der Waals surface area contributed by atoms with Gasteiger partial charge in [-0.3, -0.25) is 4.79 Å². The van der Waals surface area contributed by atoms with E-state index in [0.717, 1.165) is 14.0 Å². The largest absolute Gasteiger partial charge is 0.465 e. The minimum atomic E-state index is -1.45. The lowest BCUT2D eigenvalue weighted by Gasteiger charge is -2.05. The third-order valence-electron chi connectivity index (χ3n) is 0.816. The molecule has 0 amide bonds. The number of nitriles is 1. The molecular weight excluding hydrogens is 150 g/mol. The van der Waals surface area contributed by atoms with E-state index in [0.29, 0.717) is 0 Å². The number of esters is 2. The second kappa shape index (κ2) is 4.28. The fourth-order valence-electron chi connectivity index (χ4n) is 0.400. The molecule has 1 unspecified atom stereocenters. The van der Waals surface area contributed by atoms with Gasteiger partial charge in [-0.2, -0.15) is 5.26 Å². The number of carbonyl (C=O) groups excluding carboxylic acids is 2. The Bertz CT molecular complexity index is 205. The van der Waals surface area contributed by atoms with Gasteiger partial charge >= 0.3 is 11.9 Å². The molecule has 0 heterocycles. The topological polar surface area (TPSA) is 76.4 Å². The van der Waals surface area contributed by atoms with Crippen LogP contribution in [0.2, 0.25) is 0 Å². The third kappa shape index (κ3) is 3.20. The average Bonchev–Trinajstić information content (AvgIpc) is 1.98. The van der Waals surface area contributed by atoms with Crippen LogP contribution < -0.4 is 0 Å². The van der Waals surface area contributed by atoms with E-state index in [1.54, 1.807) is 0 Å². The standard InChI is InChI=1S/C6H7NO4/c1-4(8)11-5(3-7)6(9)10-2/h5H,1-2H3. The summed E-state index contributed by atoms with van der Waals surface area (Å²) in [4.78, 5) is 20.8. The van der Waals surface area contributed by atoms with Gasteiger partial charge in [0.2, 0.25) is 0 Å². The molecule has 0 aliphatic rings. The number of carbonyl (C=O) groups is 2. The first-order chi connectivity index (χ1) is 5.11. The molecule has 5 heteroatoms. The molecule has 0 aliphatic carbocycles. The van der Waals surface area contributed by atoms with E-state index >= 15 is 0 Å². The fraction of sp³-hybridized carbons (Fsp3) is 0.500. The number of hydrogen-bond donors (Lipinski definition) is 0. The van der Waals surface area contributed by atoms with E-state index in [1.165, 1.54) is 6.07 Å². The molecule has 0 saturated heterocycles. The lowest BCUT2D eigenvalue weighted by Crippen LogP contribution is -2.25. The summed E-state index contributed by atoms with van der Waals surface area (Å²) in [6, 6.07) is 1.47. The summed E-state index contributed by atoms with van der Waals surface area (Å²) in [5.74, 6) is -1.57. The van der Waals surface area contributed by atoms with Gasteiger partial charge in [0.05, 0.1) is 7.11 Å². The average molecular weight is 157 g/mol. The van der Waals surface area contributed by atoms with Gasteiger partial charge in [-0.1, -0.05) is 0 Å². The number of hydrogen-bond acceptors (Lipinski definition) is 5. The van der Waals surface area contributed by atoms with E-state index in [1.807, 2.05) is 0 Å². The zero-order chi connectivity index (χ0) is 8.85. The minimum Gasteiger partial charge on any atom is -0.465 e. The first kappa shape index (κ1) is 9.43. The molecule has 0 saturated carbocycles. The lowest BCUT2D eigenvalue weighted by atomic mass is 10.4. The van der Waals surface area contributed by atoms with Gasteiger partial charge in [0.25, 0.3) is 6.10 Å². The van der Waals surface area contributed by atoms with E-state index in [2.05, 4.69) is 9.47 Å². The summed E-state index contributed by atoms with van der Waals surface area (Å²) in [7, 11) is 1.11. The molecule has 0 aromatic rings. The van der Waals surface area contributed by atoms with Crippen molar-refractivity contribution in [3.05, 3.63) is 0 Å². The van der Waals surface area contributed by atoms with Crippen molar-refractivity contribution >= 4 is 11.9 Å². The predicted molar refractivity (Wildman–Crippen MR) is 33.2 cm³/mol. The van der Waals surface area contributed by atoms with Gasteiger partial charge < -0.3 is 9.47 Å². The van der Waals surface area contributed by atoms with Crippen LogP contribution in [0.5, 0.6) is 0 Å². The van der Waals surface area contributed by atoms with Crippen LogP contribution in [0.1, 0.15) is 6.92 Å².